The monoisotopic (exact) mass is 441 g/mol. The van der Waals surface area contributed by atoms with Gasteiger partial charge in [-0.05, 0) is 49.7 Å². The standard InChI is InChI=1S/C19H18Cl3N3O3/c1-11-3-5-14(9-15(11)21)23-18(26)7-12(2)24-25-19(27)10-28-17-6-4-13(20)8-16(17)22/h3-6,8-9H,7,10H2,1-2H3,(H,23,26)(H,25,27)/b24-12+. The lowest BCUT2D eigenvalue weighted by Crippen LogP contribution is -2.26. The molecule has 0 saturated heterocycles. The summed E-state index contributed by atoms with van der Waals surface area (Å²) >= 11 is 17.8. The van der Waals surface area contributed by atoms with E-state index in [4.69, 9.17) is 39.5 Å². The molecule has 0 saturated carbocycles. The van der Waals surface area contributed by atoms with Crippen LogP contribution in [-0.2, 0) is 9.59 Å². The van der Waals surface area contributed by atoms with Gasteiger partial charge >= 0.3 is 0 Å². The van der Waals surface area contributed by atoms with Crippen LogP contribution in [0.2, 0.25) is 15.1 Å². The molecule has 2 rings (SSSR count). The van der Waals surface area contributed by atoms with Crippen molar-refractivity contribution in [3.63, 3.8) is 0 Å². The van der Waals surface area contributed by atoms with Gasteiger partial charge in [0, 0.05) is 21.4 Å². The van der Waals surface area contributed by atoms with E-state index in [1.807, 2.05) is 13.0 Å². The van der Waals surface area contributed by atoms with Crippen LogP contribution in [0.4, 0.5) is 5.69 Å². The lowest BCUT2D eigenvalue weighted by atomic mass is 10.2. The van der Waals surface area contributed by atoms with Crippen molar-refractivity contribution in [3.05, 3.63) is 57.0 Å². The third-order valence-corrected chi connectivity index (χ3v) is 4.43. The predicted octanol–water partition coefficient (Wildman–Crippen LogP) is 4.85. The average Bonchev–Trinajstić information content (AvgIpc) is 2.62. The number of ether oxygens (including phenoxy) is 1. The normalized spacial score (nSPS) is 11.1. The van der Waals surface area contributed by atoms with Gasteiger partial charge in [-0.3, -0.25) is 9.59 Å². The summed E-state index contributed by atoms with van der Waals surface area (Å²) in [6.45, 7) is 3.21. The van der Waals surface area contributed by atoms with Crippen molar-refractivity contribution in [2.24, 2.45) is 5.10 Å². The lowest BCUT2D eigenvalue weighted by Gasteiger charge is -2.08. The average molecular weight is 443 g/mol. The molecule has 2 aromatic carbocycles. The highest BCUT2D eigenvalue weighted by atomic mass is 35.5. The second kappa shape index (κ2) is 10.3. The number of hydrogen-bond acceptors (Lipinski definition) is 4. The Bertz CT molecular complexity index is 917. The summed E-state index contributed by atoms with van der Waals surface area (Å²) in [5.74, 6) is -0.436. The number of hydrogen-bond donors (Lipinski definition) is 2. The fourth-order valence-corrected chi connectivity index (χ4v) is 2.72. The van der Waals surface area contributed by atoms with Crippen molar-refractivity contribution in [1.82, 2.24) is 5.43 Å². The van der Waals surface area contributed by atoms with Gasteiger partial charge < -0.3 is 10.1 Å². The fourth-order valence-electron chi connectivity index (χ4n) is 2.07. The van der Waals surface area contributed by atoms with E-state index in [1.165, 1.54) is 6.07 Å². The van der Waals surface area contributed by atoms with Crippen LogP contribution in [-0.4, -0.2) is 24.1 Å². The van der Waals surface area contributed by atoms with Crippen molar-refractivity contribution in [3.8, 4) is 5.75 Å². The number of benzene rings is 2. The summed E-state index contributed by atoms with van der Waals surface area (Å²) in [4.78, 5) is 23.9. The second-order valence-electron chi connectivity index (χ2n) is 5.93. The molecule has 0 aromatic heterocycles. The Morgan fingerprint density at radius 1 is 1.04 bits per heavy atom. The van der Waals surface area contributed by atoms with Crippen LogP contribution in [0.5, 0.6) is 5.75 Å². The van der Waals surface area contributed by atoms with Crippen LogP contribution < -0.4 is 15.5 Å². The van der Waals surface area contributed by atoms with Gasteiger partial charge in [-0.15, -0.1) is 0 Å². The minimum Gasteiger partial charge on any atom is -0.482 e. The molecule has 6 nitrogen and oxygen atoms in total. The Morgan fingerprint density at radius 2 is 1.79 bits per heavy atom. The fraction of sp³-hybridized carbons (Fsp3) is 0.211. The maximum absolute atomic E-state index is 12.0. The van der Waals surface area contributed by atoms with E-state index in [9.17, 15) is 9.59 Å². The van der Waals surface area contributed by atoms with Crippen LogP contribution >= 0.6 is 34.8 Å². The predicted molar refractivity (Wildman–Crippen MR) is 113 cm³/mol. The third-order valence-electron chi connectivity index (χ3n) is 3.50. The minimum atomic E-state index is -0.490. The molecule has 0 aliphatic heterocycles. The molecule has 0 spiro atoms. The van der Waals surface area contributed by atoms with Gasteiger partial charge in [-0.1, -0.05) is 40.9 Å². The molecule has 0 aliphatic carbocycles. The highest BCUT2D eigenvalue weighted by Crippen LogP contribution is 2.27. The van der Waals surface area contributed by atoms with Gasteiger partial charge in [0.2, 0.25) is 5.91 Å². The first kappa shape index (κ1) is 22.0. The maximum atomic E-state index is 12.0. The molecule has 2 N–H and O–H groups in total. The van der Waals surface area contributed by atoms with Crippen molar-refractivity contribution in [2.45, 2.75) is 20.3 Å². The topological polar surface area (TPSA) is 79.8 Å². The molecular weight excluding hydrogens is 425 g/mol. The number of nitrogens with zero attached hydrogens (tertiary/aromatic N) is 1. The smallest absolute Gasteiger partial charge is 0.277 e. The van der Waals surface area contributed by atoms with Crippen molar-refractivity contribution in [1.29, 1.82) is 0 Å². The van der Waals surface area contributed by atoms with Crippen molar-refractivity contribution >= 4 is 58.0 Å². The lowest BCUT2D eigenvalue weighted by molar-refractivity contribution is -0.123. The van der Waals surface area contributed by atoms with E-state index < -0.39 is 5.91 Å². The third kappa shape index (κ3) is 7.03. The van der Waals surface area contributed by atoms with Crippen LogP contribution in [0.3, 0.4) is 0 Å². The van der Waals surface area contributed by atoms with Crippen LogP contribution in [0, 0.1) is 6.92 Å². The number of hydrazone groups is 1. The zero-order valence-electron chi connectivity index (χ0n) is 15.2. The Kier molecular flexibility index (Phi) is 8.11. The van der Waals surface area contributed by atoms with Crippen LogP contribution in [0.25, 0.3) is 0 Å². The summed E-state index contributed by atoms with van der Waals surface area (Å²) in [7, 11) is 0. The Balaban J connectivity index is 1.79. The van der Waals surface area contributed by atoms with E-state index in [-0.39, 0.29) is 18.9 Å². The Morgan fingerprint density at radius 3 is 2.46 bits per heavy atom. The van der Waals surface area contributed by atoms with Crippen LogP contribution in [0.1, 0.15) is 18.9 Å². The highest BCUT2D eigenvalue weighted by Gasteiger charge is 2.08. The zero-order chi connectivity index (χ0) is 20.7. The number of amides is 2. The first-order valence-corrected chi connectivity index (χ1v) is 9.34. The largest absolute Gasteiger partial charge is 0.482 e. The number of carbonyl (C=O) groups is 2. The molecule has 0 heterocycles. The molecule has 0 atom stereocenters. The molecule has 0 radical (unpaired) electrons. The SMILES string of the molecule is C/C(CC(=O)Nc1ccc(C)c(Cl)c1)=N\NC(=O)COc1ccc(Cl)cc1Cl. The molecule has 2 aromatic rings. The van der Waals surface area contributed by atoms with Gasteiger partial charge in [-0.25, -0.2) is 5.43 Å². The number of rotatable bonds is 7. The van der Waals surface area contributed by atoms with Gasteiger partial charge in [0.15, 0.2) is 6.61 Å². The van der Waals surface area contributed by atoms with E-state index in [0.29, 0.717) is 32.2 Å². The van der Waals surface area contributed by atoms with Gasteiger partial charge in [0.05, 0.1) is 11.4 Å². The summed E-state index contributed by atoms with van der Waals surface area (Å²) < 4.78 is 5.30. The summed E-state index contributed by atoms with van der Waals surface area (Å²) in [5, 5.41) is 7.93. The number of anilines is 1. The number of aryl methyl sites for hydroxylation is 1. The second-order valence-corrected chi connectivity index (χ2v) is 7.19. The van der Waals surface area contributed by atoms with Crippen LogP contribution in [0.15, 0.2) is 41.5 Å². The van der Waals surface area contributed by atoms with Gasteiger partial charge in [0.1, 0.15) is 5.75 Å². The van der Waals surface area contributed by atoms with E-state index in [1.54, 1.807) is 31.2 Å². The molecule has 148 valence electrons. The van der Waals surface area contributed by atoms with Gasteiger partial charge in [0.25, 0.3) is 5.91 Å². The summed E-state index contributed by atoms with van der Waals surface area (Å²) in [5.41, 5.74) is 4.26. The number of nitrogens with one attached hydrogen (secondary N) is 2. The molecule has 0 fully saturated rings. The molecule has 2 amide bonds. The highest BCUT2D eigenvalue weighted by molar-refractivity contribution is 6.35. The number of halogens is 3. The minimum absolute atomic E-state index is 0.00957. The quantitative estimate of drug-likeness (QED) is 0.475. The maximum Gasteiger partial charge on any atom is 0.277 e. The Labute approximate surface area is 177 Å². The first-order chi connectivity index (χ1) is 13.2. The zero-order valence-corrected chi connectivity index (χ0v) is 17.5. The number of carbonyl (C=O) groups excluding carboxylic acids is 2. The molecule has 9 heteroatoms. The van der Waals surface area contributed by atoms with E-state index in [2.05, 4.69) is 15.8 Å². The van der Waals surface area contributed by atoms with E-state index >= 15 is 0 Å². The summed E-state index contributed by atoms with van der Waals surface area (Å²) in [6, 6.07) is 9.91. The van der Waals surface area contributed by atoms with E-state index in [0.717, 1.165) is 5.56 Å². The summed E-state index contributed by atoms with van der Waals surface area (Å²) in [6.07, 6.45) is 0.00957. The molecular formula is C19H18Cl3N3O3. The van der Waals surface area contributed by atoms with Gasteiger partial charge in [-0.2, -0.15) is 5.10 Å². The van der Waals surface area contributed by atoms with Crippen molar-refractivity contribution < 1.29 is 14.3 Å². The molecule has 0 unspecified atom stereocenters. The first-order valence-electron chi connectivity index (χ1n) is 8.20. The molecule has 0 aliphatic rings. The van der Waals surface area contributed by atoms with Crippen molar-refractivity contribution in [2.75, 3.05) is 11.9 Å². The molecule has 0 bridgehead atoms. The Hall–Kier alpha value is -2.28. The molecule has 28 heavy (non-hydrogen) atoms.